The molecule has 33 heavy (non-hydrogen) atoms. The third-order valence-electron chi connectivity index (χ3n) is 6.13. The van der Waals surface area contributed by atoms with Crippen LogP contribution in [0.3, 0.4) is 0 Å². The topological polar surface area (TPSA) is 79.4 Å². The number of carbonyl (C=O) groups is 1. The molecule has 3 aromatic rings. The minimum absolute atomic E-state index is 0.0355. The lowest BCUT2D eigenvalue weighted by molar-refractivity contribution is -0.117. The van der Waals surface area contributed by atoms with Gasteiger partial charge >= 0.3 is 0 Å². The van der Waals surface area contributed by atoms with E-state index >= 15 is 0 Å². The molecule has 7 heteroatoms. The normalized spacial score (nSPS) is 15.6. The van der Waals surface area contributed by atoms with Crippen LogP contribution in [0.15, 0.2) is 36.7 Å². The number of morpholine rings is 1. The fraction of sp³-hybridized carbons (Fsp3) is 0.346. The summed E-state index contributed by atoms with van der Waals surface area (Å²) < 4.78 is 5.46. The highest BCUT2D eigenvalue weighted by Gasteiger charge is 2.29. The Morgan fingerprint density at radius 2 is 1.85 bits per heavy atom. The van der Waals surface area contributed by atoms with Crippen molar-refractivity contribution in [2.75, 3.05) is 48.9 Å². The van der Waals surface area contributed by atoms with Crippen LogP contribution in [-0.4, -0.2) is 49.2 Å². The van der Waals surface area contributed by atoms with Gasteiger partial charge in [0.15, 0.2) is 0 Å². The summed E-state index contributed by atoms with van der Waals surface area (Å²) in [5, 5.41) is 7.81. The summed E-state index contributed by atoms with van der Waals surface area (Å²) in [6.45, 7) is 5.44. The third-order valence-corrected chi connectivity index (χ3v) is 6.13. The van der Waals surface area contributed by atoms with Gasteiger partial charge in [-0.3, -0.25) is 4.79 Å². The predicted octanol–water partition coefficient (Wildman–Crippen LogP) is 3.56. The van der Waals surface area contributed by atoms with Gasteiger partial charge in [-0.25, -0.2) is 9.97 Å². The van der Waals surface area contributed by atoms with Crippen molar-refractivity contribution in [1.82, 2.24) is 9.97 Å². The fourth-order valence-corrected chi connectivity index (χ4v) is 4.02. The molecule has 7 nitrogen and oxygen atoms in total. The fourth-order valence-electron chi connectivity index (χ4n) is 4.02. The van der Waals surface area contributed by atoms with Crippen molar-refractivity contribution >= 4 is 34.0 Å². The molecule has 2 aliphatic rings. The van der Waals surface area contributed by atoms with Gasteiger partial charge in [-0.15, -0.1) is 0 Å². The Morgan fingerprint density at radius 3 is 2.58 bits per heavy atom. The molecule has 1 aliphatic carbocycles. The van der Waals surface area contributed by atoms with E-state index in [-0.39, 0.29) is 11.8 Å². The predicted molar refractivity (Wildman–Crippen MR) is 131 cm³/mol. The maximum atomic E-state index is 12.2. The van der Waals surface area contributed by atoms with Gasteiger partial charge in [0.25, 0.3) is 0 Å². The molecule has 0 bridgehead atoms. The number of fused-ring (bicyclic) bond motifs is 1. The van der Waals surface area contributed by atoms with E-state index in [1.54, 1.807) is 12.4 Å². The largest absolute Gasteiger partial charge is 0.378 e. The Hall–Kier alpha value is -3.63. The zero-order valence-electron chi connectivity index (χ0n) is 18.9. The average molecular weight is 442 g/mol. The van der Waals surface area contributed by atoms with Crippen molar-refractivity contribution in [2.24, 2.45) is 5.92 Å². The molecule has 3 heterocycles. The summed E-state index contributed by atoms with van der Waals surface area (Å²) in [5.41, 5.74) is 4.11. The Balaban J connectivity index is 1.46. The van der Waals surface area contributed by atoms with Gasteiger partial charge in [0.1, 0.15) is 11.6 Å². The van der Waals surface area contributed by atoms with Crippen molar-refractivity contribution in [3.05, 3.63) is 53.3 Å². The molecule has 1 saturated carbocycles. The van der Waals surface area contributed by atoms with Crippen molar-refractivity contribution in [3.63, 3.8) is 0 Å². The van der Waals surface area contributed by atoms with E-state index in [0.29, 0.717) is 5.82 Å². The number of benzene rings is 1. The first-order valence-corrected chi connectivity index (χ1v) is 11.3. The summed E-state index contributed by atoms with van der Waals surface area (Å²) in [6.07, 6.45) is 5.41. The van der Waals surface area contributed by atoms with Crippen LogP contribution in [0.5, 0.6) is 0 Å². The van der Waals surface area contributed by atoms with Crippen LogP contribution >= 0.6 is 0 Å². The first-order chi connectivity index (χ1) is 16.1. The highest BCUT2D eigenvalue weighted by Crippen LogP contribution is 2.31. The van der Waals surface area contributed by atoms with E-state index in [0.717, 1.165) is 72.4 Å². The third kappa shape index (κ3) is 4.62. The second kappa shape index (κ2) is 9.08. The lowest BCUT2D eigenvalue weighted by Crippen LogP contribution is -2.36. The molecule has 1 saturated heterocycles. The zero-order chi connectivity index (χ0) is 22.8. The van der Waals surface area contributed by atoms with Crippen LogP contribution in [0.4, 0.5) is 17.3 Å². The highest BCUT2D eigenvalue weighted by molar-refractivity contribution is 5.99. The summed E-state index contributed by atoms with van der Waals surface area (Å²) in [6, 6.07) is 8.27. The van der Waals surface area contributed by atoms with Gasteiger partial charge < -0.3 is 20.3 Å². The van der Waals surface area contributed by atoms with Crippen LogP contribution in [0, 0.1) is 24.7 Å². The molecule has 5 rings (SSSR count). The van der Waals surface area contributed by atoms with Crippen LogP contribution in [-0.2, 0) is 9.53 Å². The Morgan fingerprint density at radius 1 is 1.06 bits per heavy atom. The average Bonchev–Trinajstić information content (AvgIpc) is 3.69. The molecule has 1 amide bonds. The molecule has 0 unspecified atom stereocenters. The summed E-state index contributed by atoms with van der Waals surface area (Å²) >= 11 is 0. The van der Waals surface area contributed by atoms with Crippen LogP contribution in [0.25, 0.3) is 10.8 Å². The monoisotopic (exact) mass is 441 g/mol. The molecular weight excluding hydrogens is 414 g/mol. The van der Waals surface area contributed by atoms with E-state index in [1.165, 1.54) is 5.69 Å². The minimum atomic E-state index is 0.0355. The van der Waals surface area contributed by atoms with Crippen LogP contribution < -0.4 is 15.5 Å². The quantitative estimate of drug-likeness (QED) is 0.603. The lowest BCUT2D eigenvalue weighted by Gasteiger charge is -2.29. The van der Waals surface area contributed by atoms with Crippen molar-refractivity contribution in [3.8, 4) is 11.8 Å². The second-order valence-electron chi connectivity index (χ2n) is 8.50. The molecule has 2 aromatic heterocycles. The molecule has 0 spiro atoms. The van der Waals surface area contributed by atoms with Crippen molar-refractivity contribution in [2.45, 2.75) is 19.8 Å². The molecule has 2 fully saturated rings. The number of aromatic nitrogens is 2. The van der Waals surface area contributed by atoms with E-state index < -0.39 is 0 Å². The van der Waals surface area contributed by atoms with Crippen molar-refractivity contribution < 1.29 is 9.53 Å². The number of ether oxygens (including phenoxy) is 1. The second-order valence-corrected chi connectivity index (χ2v) is 8.50. The number of hydrogen-bond donors (Lipinski definition) is 2. The van der Waals surface area contributed by atoms with Gasteiger partial charge in [0.05, 0.1) is 18.8 Å². The first kappa shape index (κ1) is 21.2. The summed E-state index contributed by atoms with van der Waals surface area (Å²) in [7, 11) is 1.83. The molecule has 2 N–H and O–H groups in total. The van der Waals surface area contributed by atoms with E-state index in [9.17, 15) is 4.79 Å². The number of nitrogens with zero attached hydrogens (tertiary/aromatic N) is 3. The number of aryl methyl sites for hydroxylation is 1. The van der Waals surface area contributed by atoms with Crippen LogP contribution in [0.1, 0.15) is 29.5 Å². The molecule has 1 aliphatic heterocycles. The lowest BCUT2D eigenvalue weighted by atomic mass is 10.1. The highest BCUT2D eigenvalue weighted by atomic mass is 16.5. The molecule has 1 aromatic carbocycles. The van der Waals surface area contributed by atoms with Gasteiger partial charge in [-0.1, -0.05) is 11.8 Å². The van der Waals surface area contributed by atoms with E-state index in [1.807, 2.05) is 13.1 Å². The Labute approximate surface area is 193 Å². The van der Waals surface area contributed by atoms with Crippen LogP contribution in [0.2, 0.25) is 0 Å². The number of amides is 1. The van der Waals surface area contributed by atoms with Gasteiger partial charge in [0, 0.05) is 60.5 Å². The molecule has 0 atom stereocenters. The van der Waals surface area contributed by atoms with E-state index in [2.05, 4.69) is 62.5 Å². The molecule has 0 radical (unpaired) electrons. The standard InChI is InChI=1S/C26H27N5O2/c1-17-13-21(31-9-11-33-12-10-31)8-7-18(17)3-6-20-15-29-25(27-2)23-16-28-24(14-22(20)23)30-26(32)19-4-5-19/h7-8,13-16,19H,4-5,9-12H2,1-2H3,(H,27,29)(H,28,30,32). The van der Waals surface area contributed by atoms with Gasteiger partial charge in [-0.2, -0.15) is 0 Å². The summed E-state index contributed by atoms with van der Waals surface area (Å²) in [5.74, 6) is 8.04. The van der Waals surface area contributed by atoms with Gasteiger partial charge in [0.2, 0.25) is 5.91 Å². The maximum Gasteiger partial charge on any atom is 0.228 e. The maximum absolute atomic E-state index is 12.2. The van der Waals surface area contributed by atoms with E-state index in [4.69, 9.17) is 4.74 Å². The smallest absolute Gasteiger partial charge is 0.228 e. The minimum Gasteiger partial charge on any atom is -0.378 e. The summed E-state index contributed by atoms with van der Waals surface area (Å²) in [4.78, 5) is 23.5. The Kier molecular flexibility index (Phi) is 5.84. The number of pyridine rings is 2. The SMILES string of the molecule is CNc1ncc(C#Cc2ccc(N3CCOCC3)cc2C)c2cc(NC(=O)C3CC3)ncc12. The zero-order valence-corrected chi connectivity index (χ0v) is 18.9. The molecular formula is C26H27N5O2. The van der Waals surface area contributed by atoms with Gasteiger partial charge in [-0.05, 0) is 49.6 Å². The number of hydrogen-bond acceptors (Lipinski definition) is 6. The molecule has 168 valence electrons. The number of nitrogens with one attached hydrogen (secondary N) is 2. The number of carbonyl (C=O) groups excluding carboxylic acids is 1. The Bertz CT molecular complexity index is 1270. The first-order valence-electron chi connectivity index (χ1n) is 11.3. The number of anilines is 3. The number of rotatable bonds is 4. The van der Waals surface area contributed by atoms with Crippen molar-refractivity contribution in [1.29, 1.82) is 0 Å².